The summed E-state index contributed by atoms with van der Waals surface area (Å²) in [6.45, 7) is 8.04. The Labute approximate surface area is 207 Å². The van der Waals surface area contributed by atoms with Crippen molar-refractivity contribution in [3.8, 4) is 5.75 Å². The van der Waals surface area contributed by atoms with Crippen LogP contribution in [0.2, 0.25) is 5.02 Å². The van der Waals surface area contributed by atoms with E-state index in [1.807, 2.05) is 30.0 Å². The zero-order chi connectivity index (χ0) is 24.3. The molecule has 2 aromatic carbocycles. The van der Waals surface area contributed by atoms with E-state index in [1.54, 1.807) is 24.3 Å². The van der Waals surface area contributed by atoms with Crippen LogP contribution in [0.15, 0.2) is 47.4 Å². The molecule has 0 saturated carbocycles. The molecule has 0 bridgehead atoms. The fourth-order valence-electron chi connectivity index (χ4n) is 4.72. The summed E-state index contributed by atoms with van der Waals surface area (Å²) in [5, 5.41) is 0.714. The number of hydrogen-bond donors (Lipinski definition) is 0. The van der Waals surface area contributed by atoms with Crippen LogP contribution in [0.4, 0.5) is 5.69 Å². The predicted octanol–water partition coefficient (Wildman–Crippen LogP) is 3.80. The molecule has 0 unspecified atom stereocenters. The summed E-state index contributed by atoms with van der Waals surface area (Å²) < 4.78 is 33.0. The number of benzene rings is 2. The molecule has 0 aliphatic carbocycles. The Hall–Kier alpha value is -2.29. The first kappa shape index (κ1) is 24.8. The van der Waals surface area contributed by atoms with E-state index in [9.17, 15) is 13.2 Å². The quantitative estimate of drug-likeness (QED) is 0.597. The molecule has 2 aromatic rings. The van der Waals surface area contributed by atoms with Gasteiger partial charge in [-0.2, -0.15) is 4.31 Å². The van der Waals surface area contributed by atoms with Gasteiger partial charge in [-0.05, 0) is 68.7 Å². The van der Waals surface area contributed by atoms with Crippen LogP contribution in [-0.2, 0) is 14.8 Å². The predicted molar refractivity (Wildman–Crippen MR) is 134 cm³/mol. The van der Waals surface area contributed by atoms with Crippen LogP contribution in [0.5, 0.6) is 5.75 Å². The van der Waals surface area contributed by atoms with Gasteiger partial charge in [0.15, 0.2) is 0 Å². The number of sulfonamides is 1. The van der Waals surface area contributed by atoms with Crippen molar-refractivity contribution < 1.29 is 17.9 Å². The molecule has 2 aliphatic heterocycles. The number of rotatable bonds is 6. The smallest absolute Gasteiger partial charge is 0.243 e. The lowest BCUT2D eigenvalue weighted by molar-refractivity contribution is -0.137. The highest BCUT2D eigenvalue weighted by Gasteiger charge is 2.34. The molecule has 2 saturated heterocycles. The Morgan fingerprint density at radius 3 is 2.26 bits per heavy atom. The summed E-state index contributed by atoms with van der Waals surface area (Å²) >= 11 is 6.18. The highest BCUT2D eigenvalue weighted by molar-refractivity contribution is 7.89. The topological polar surface area (TPSA) is 70.2 Å². The lowest BCUT2D eigenvalue weighted by Gasteiger charge is -2.39. The van der Waals surface area contributed by atoms with Crippen LogP contribution in [0.25, 0.3) is 0 Å². The van der Waals surface area contributed by atoms with E-state index in [4.69, 9.17) is 16.3 Å². The van der Waals surface area contributed by atoms with Crippen LogP contribution in [-0.4, -0.2) is 69.4 Å². The van der Waals surface area contributed by atoms with Crippen molar-refractivity contribution in [1.29, 1.82) is 0 Å². The second-order valence-corrected chi connectivity index (χ2v) is 11.2. The van der Waals surface area contributed by atoms with Crippen molar-refractivity contribution in [2.75, 3.05) is 50.8 Å². The molecular formula is C25H32ClN3O4S. The minimum Gasteiger partial charge on any atom is -0.494 e. The zero-order valence-corrected chi connectivity index (χ0v) is 21.3. The molecule has 0 aromatic heterocycles. The summed E-state index contributed by atoms with van der Waals surface area (Å²) in [6.07, 6.45) is 1.09. The number of nitrogens with zero attached hydrogens (tertiary/aromatic N) is 3. The summed E-state index contributed by atoms with van der Waals surface area (Å²) in [5.41, 5.74) is 2.29. The third-order valence-corrected chi connectivity index (χ3v) is 8.83. The number of ether oxygens (including phenoxy) is 1. The van der Waals surface area contributed by atoms with Crippen LogP contribution >= 0.6 is 11.6 Å². The molecule has 7 nitrogen and oxygen atoms in total. The van der Waals surface area contributed by atoms with Gasteiger partial charge in [0.05, 0.1) is 11.5 Å². The van der Waals surface area contributed by atoms with Crippen molar-refractivity contribution in [3.05, 3.63) is 53.1 Å². The maximum Gasteiger partial charge on any atom is 0.243 e. The molecule has 0 atom stereocenters. The number of amides is 1. The largest absolute Gasteiger partial charge is 0.494 e. The number of hydrogen-bond acceptors (Lipinski definition) is 5. The van der Waals surface area contributed by atoms with Gasteiger partial charge in [0.1, 0.15) is 5.75 Å². The maximum atomic E-state index is 13.1. The first-order valence-electron chi connectivity index (χ1n) is 11.8. The Morgan fingerprint density at radius 1 is 1.00 bits per heavy atom. The number of anilines is 1. The third kappa shape index (κ3) is 5.34. The van der Waals surface area contributed by atoms with E-state index in [0.717, 1.165) is 18.8 Å². The lowest BCUT2D eigenvalue weighted by Crippen LogP contribution is -2.52. The van der Waals surface area contributed by atoms with Gasteiger partial charge in [-0.25, -0.2) is 8.42 Å². The molecule has 2 heterocycles. The first-order chi connectivity index (χ1) is 16.3. The summed E-state index contributed by atoms with van der Waals surface area (Å²) in [5.74, 6) is 0.656. The van der Waals surface area contributed by atoms with Crippen LogP contribution in [0.1, 0.15) is 25.3 Å². The van der Waals surface area contributed by atoms with Crippen molar-refractivity contribution in [1.82, 2.24) is 9.21 Å². The number of piperidine rings is 1. The number of aryl methyl sites for hydroxylation is 1. The standard InChI is InChI=1S/C25H32ClN3O4S/c1-3-33-22-6-8-23(9-7-22)34(31,32)29-12-10-20(11-13-29)25(30)28-16-14-27(15-17-28)24-18-21(26)5-4-19(24)2/h4-9,18,20H,3,10-17H2,1-2H3. The number of carbonyl (C=O) groups excluding carboxylic acids is 1. The molecule has 2 aliphatic rings. The Morgan fingerprint density at radius 2 is 1.65 bits per heavy atom. The van der Waals surface area contributed by atoms with Gasteiger partial charge in [0.2, 0.25) is 15.9 Å². The Balaban J connectivity index is 1.31. The number of carbonyl (C=O) groups is 1. The molecule has 9 heteroatoms. The van der Waals surface area contributed by atoms with Crippen molar-refractivity contribution in [3.63, 3.8) is 0 Å². The first-order valence-corrected chi connectivity index (χ1v) is 13.6. The fourth-order valence-corrected chi connectivity index (χ4v) is 6.35. The average Bonchev–Trinajstić information content (AvgIpc) is 2.86. The lowest BCUT2D eigenvalue weighted by atomic mass is 9.96. The molecule has 0 spiro atoms. The van der Waals surface area contributed by atoms with Crippen LogP contribution in [0, 0.1) is 12.8 Å². The van der Waals surface area contributed by atoms with Gasteiger partial charge < -0.3 is 14.5 Å². The summed E-state index contributed by atoms with van der Waals surface area (Å²) in [4.78, 5) is 17.6. The second kappa shape index (κ2) is 10.5. The molecule has 184 valence electrons. The highest BCUT2D eigenvalue weighted by Crippen LogP contribution is 2.28. The Bertz CT molecular complexity index is 1110. The fraction of sp³-hybridized carbons (Fsp3) is 0.480. The van der Waals surface area contributed by atoms with E-state index in [2.05, 4.69) is 11.8 Å². The van der Waals surface area contributed by atoms with E-state index in [0.29, 0.717) is 56.4 Å². The molecular weight excluding hydrogens is 474 g/mol. The Kier molecular flexibility index (Phi) is 7.70. The minimum atomic E-state index is -3.58. The van der Waals surface area contributed by atoms with Crippen molar-refractivity contribution >= 4 is 33.2 Å². The monoisotopic (exact) mass is 505 g/mol. The normalized spacial score (nSPS) is 18.2. The van der Waals surface area contributed by atoms with E-state index in [1.165, 1.54) is 9.87 Å². The summed E-state index contributed by atoms with van der Waals surface area (Å²) in [6, 6.07) is 12.4. The van der Waals surface area contributed by atoms with Gasteiger partial charge in [0.25, 0.3) is 0 Å². The molecule has 4 rings (SSSR count). The average molecular weight is 506 g/mol. The molecule has 0 radical (unpaired) electrons. The van der Waals surface area contributed by atoms with Crippen molar-refractivity contribution in [2.24, 2.45) is 5.92 Å². The number of piperazine rings is 1. The molecule has 0 N–H and O–H groups in total. The number of halogens is 1. The van der Waals surface area contributed by atoms with Gasteiger partial charge in [-0.1, -0.05) is 17.7 Å². The van der Waals surface area contributed by atoms with Gasteiger partial charge in [-0.3, -0.25) is 4.79 Å². The minimum absolute atomic E-state index is 0.133. The van der Waals surface area contributed by atoms with Crippen LogP contribution < -0.4 is 9.64 Å². The molecule has 34 heavy (non-hydrogen) atoms. The third-order valence-electron chi connectivity index (χ3n) is 6.68. The van der Waals surface area contributed by atoms with Crippen molar-refractivity contribution in [2.45, 2.75) is 31.6 Å². The van der Waals surface area contributed by atoms with E-state index in [-0.39, 0.29) is 16.7 Å². The SMILES string of the molecule is CCOc1ccc(S(=O)(=O)N2CCC(C(=O)N3CCN(c4cc(Cl)ccc4C)CC3)CC2)cc1. The van der Waals surface area contributed by atoms with E-state index < -0.39 is 10.0 Å². The van der Waals surface area contributed by atoms with Gasteiger partial charge >= 0.3 is 0 Å². The van der Waals surface area contributed by atoms with Gasteiger partial charge in [-0.15, -0.1) is 0 Å². The summed E-state index contributed by atoms with van der Waals surface area (Å²) in [7, 11) is -3.58. The molecule has 1 amide bonds. The zero-order valence-electron chi connectivity index (χ0n) is 19.7. The molecule has 2 fully saturated rings. The van der Waals surface area contributed by atoms with E-state index >= 15 is 0 Å². The highest BCUT2D eigenvalue weighted by atomic mass is 35.5. The second-order valence-electron chi connectivity index (χ2n) is 8.83. The van der Waals surface area contributed by atoms with Crippen LogP contribution in [0.3, 0.4) is 0 Å². The van der Waals surface area contributed by atoms with Gasteiger partial charge in [0, 0.05) is 55.9 Å². The maximum absolute atomic E-state index is 13.1.